The molecule has 0 saturated heterocycles. The maximum atomic E-state index is 11.8. The maximum absolute atomic E-state index is 11.8. The molecule has 4 nitrogen and oxygen atoms in total. The van der Waals surface area contributed by atoms with E-state index in [2.05, 4.69) is 6.92 Å². The number of unbranched alkanes of at least 4 members (excludes halogenated alkanes) is 2. The minimum absolute atomic E-state index is 0.0830. The molecule has 0 saturated carbocycles. The lowest BCUT2D eigenvalue weighted by atomic mass is 9.89. The van der Waals surface area contributed by atoms with E-state index in [1.807, 2.05) is 30.3 Å². The zero-order valence-electron chi connectivity index (χ0n) is 13.8. The quantitative estimate of drug-likeness (QED) is 0.705. The summed E-state index contributed by atoms with van der Waals surface area (Å²) in [6, 6.07) is 12.7. The van der Waals surface area contributed by atoms with Gasteiger partial charge in [-0.3, -0.25) is 0 Å². The van der Waals surface area contributed by atoms with Gasteiger partial charge < -0.3 is 10.2 Å². The molecule has 2 rings (SSSR count). The fourth-order valence-corrected chi connectivity index (χ4v) is 2.92. The first-order chi connectivity index (χ1) is 11.5. The van der Waals surface area contributed by atoms with E-state index in [0.29, 0.717) is 12.0 Å². The summed E-state index contributed by atoms with van der Waals surface area (Å²) in [4.78, 5) is 23.2. The lowest BCUT2D eigenvalue weighted by Gasteiger charge is -2.15. The van der Waals surface area contributed by atoms with Crippen LogP contribution in [-0.2, 0) is 12.8 Å². The van der Waals surface area contributed by atoms with Crippen molar-refractivity contribution in [2.75, 3.05) is 0 Å². The maximum Gasteiger partial charge on any atom is 0.336 e. The summed E-state index contributed by atoms with van der Waals surface area (Å²) in [5.41, 5.74) is 2.28. The van der Waals surface area contributed by atoms with Gasteiger partial charge in [-0.05, 0) is 42.0 Å². The van der Waals surface area contributed by atoms with Crippen molar-refractivity contribution in [1.29, 1.82) is 0 Å². The van der Waals surface area contributed by atoms with Crippen LogP contribution in [0.5, 0.6) is 0 Å². The molecule has 0 atom stereocenters. The number of aromatic carboxylic acids is 2. The lowest BCUT2D eigenvalue weighted by molar-refractivity contribution is 0.0650. The third-order valence-corrected chi connectivity index (χ3v) is 4.13. The largest absolute Gasteiger partial charge is 0.478 e. The number of hydrogen-bond acceptors (Lipinski definition) is 2. The van der Waals surface area contributed by atoms with Gasteiger partial charge in [0.25, 0.3) is 0 Å². The second kappa shape index (κ2) is 8.29. The first-order valence-electron chi connectivity index (χ1n) is 8.19. The number of carboxylic acid groups (broad SMARTS) is 2. The predicted octanol–water partition coefficient (Wildman–Crippen LogP) is 4.41. The van der Waals surface area contributed by atoms with Crippen LogP contribution >= 0.6 is 0 Å². The van der Waals surface area contributed by atoms with Crippen LogP contribution in [0.15, 0.2) is 42.5 Å². The van der Waals surface area contributed by atoms with Gasteiger partial charge in [0.15, 0.2) is 0 Å². The van der Waals surface area contributed by atoms with Gasteiger partial charge in [0, 0.05) is 0 Å². The van der Waals surface area contributed by atoms with Gasteiger partial charge in [-0.25, -0.2) is 9.59 Å². The summed E-state index contributed by atoms with van der Waals surface area (Å²) < 4.78 is 0. The van der Waals surface area contributed by atoms with E-state index in [-0.39, 0.29) is 11.1 Å². The highest BCUT2D eigenvalue weighted by Crippen LogP contribution is 2.25. The molecule has 24 heavy (non-hydrogen) atoms. The van der Waals surface area contributed by atoms with Crippen molar-refractivity contribution in [3.8, 4) is 0 Å². The number of aryl methyl sites for hydroxylation is 1. The van der Waals surface area contributed by atoms with Gasteiger partial charge >= 0.3 is 11.9 Å². The average molecular weight is 326 g/mol. The zero-order valence-corrected chi connectivity index (χ0v) is 13.8. The van der Waals surface area contributed by atoms with Crippen LogP contribution in [0, 0.1) is 0 Å². The van der Waals surface area contributed by atoms with E-state index in [4.69, 9.17) is 0 Å². The molecule has 0 aliphatic rings. The molecule has 4 heteroatoms. The zero-order chi connectivity index (χ0) is 17.5. The summed E-state index contributed by atoms with van der Waals surface area (Å²) in [7, 11) is 0. The molecule has 2 aromatic carbocycles. The molecular weight excluding hydrogens is 304 g/mol. The topological polar surface area (TPSA) is 74.6 Å². The van der Waals surface area contributed by atoms with Crippen molar-refractivity contribution in [3.05, 3.63) is 70.3 Å². The molecule has 0 aliphatic carbocycles. The van der Waals surface area contributed by atoms with Crippen LogP contribution in [0.2, 0.25) is 0 Å². The van der Waals surface area contributed by atoms with E-state index in [9.17, 15) is 19.8 Å². The first-order valence-corrected chi connectivity index (χ1v) is 8.19. The van der Waals surface area contributed by atoms with Gasteiger partial charge in [0.05, 0.1) is 11.1 Å². The van der Waals surface area contributed by atoms with Crippen molar-refractivity contribution >= 4 is 11.9 Å². The van der Waals surface area contributed by atoms with Crippen LogP contribution in [0.1, 0.15) is 63.6 Å². The summed E-state index contributed by atoms with van der Waals surface area (Å²) in [5.74, 6) is -2.39. The Morgan fingerprint density at radius 1 is 0.917 bits per heavy atom. The minimum Gasteiger partial charge on any atom is -0.478 e. The van der Waals surface area contributed by atoms with Crippen LogP contribution in [0.25, 0.3) is 0 Å². The molecule has 0 radical (unpaired) electrons. The highest BCUT2D eigenvalue weighted by atomic mass is 16.4. The van der Waals surface area contributed by atoms with Gasteiger partial charge in [-0.2, -0.15) is 0 Å². The molecule has 2 N–H and O–H groups in total. The van der Waals surface area contributed by atoms with Crippen LogP contribution < -0.4 is 0 Å². The second-order valence-corrected chi connectivity index (χ2v) is 5.86. The second-order valence-electron chi connectivity index (χ2n) is 5.86. The normalized spacial score (nSPS) is 10.5. The van der Waals surface area contributed by atoms with Crippen LogP contribution in [0.4, 0.5) is 0 Å². The van der Waals surface area contributed by atoms with E-state index in [1.54, 1.807) is 6.07 Å². The SMILES string of the molecule is CCCCCc1ccc(C(=O)O)c(C(=O)O)c1Cc1ccccc1. The Morgan fingerprint density at radius 2 is 1.62 bits per heavy atom. The van der Waals surface area contributed by atoms with Crippen molar-refractivity contribution < 1.29 is 19.8 Å². The standard InChI is InChI=1S/C20H22O4/c1-2-3-5-10-15-11-12-16(19(21)22)18(20(23)24)17(15)13-14-8-6-4-7-9-14/h4,6-9,11-12H,2-3,5,10,13H2,1H3,(H,21,22)(H,23,24). The fraction of sp³-hybridized carbons (Fsp3) is 0.300. The first kappa shape index (κ1) is 17.7. The van der Waals surface area contributed by atoms with E-state index in [0.717, 1.165) is 36.8 Å². The number of carbonyl (C=O) groups is 2. The van der Waals surface area contributed by atoms with Crippen molar-refractivity contribution in [3.63, 3.8) is 0 Å². The molecule has 0 aromatic heterocycles. The molecule has 0 fully saturated rings. The Labute approximate surface area is 141 Å². The molecule has 0 heterocycles. The van der Waals surface area contributed by atoms with Crippen molar-refractivity contribution in [2.24, 2.45) is 0 Å². The predicted molar refractivity (Wildman–Crippen MR) is 92.8 cm³/mol. The van der Waals surface area contributed by atoms with Crippen molar-refractivity contribution in [1.82, 2.24) is 0 Å². The summed E-state index contributed by atoms with van der Waals surface area (Å²) in [5, 5.41) is 19.0. The molecule has 0 bridgehead atoms. The monoisotopic (exact) mass is 326 g/mol. The minimum atomic E-state index is -1.21. The Hall–Kier alpha value is -2.62. The van der Waals surface area contributed by atoms with Gasteiger partial charge in [0.1, 0.15) is 0 Å². The Kier molecular flexibility index (Phi) is 6.13. The van der Waals surface area contributed by atoms with Gasteiger partial charge in [-0.1, -0.05) is 56.2 Å². The van der Waals surface area contributed by atoms with Crippen molar-refractivity contribution in [2.45, 2.75) is 39.0 Å². The summed E-state index contributed by atoms with van der Waals surface area (Å²) >= 11 is 0. The van der Waals surface area contributed by atoms with E-state index >= 15 is 0 Å². The van der Waals surface area contributed by atoms with E-state index < -0.39 is 11.9 Å². The Bertz CT molecular complexity index is 720. The molecule has 0 unspecified atom stereocenters. The molecule has 2 aromatic rings. The molecule has 0 amide bonds. The Morgan fingerprint density at radius 3 is 2.21 bits per heavy atom. The summed E-state index contributed by atoms with van der Waals surface area (Å²) in [6.07, 6.45) is 4.28. The smallest absolute Gasteiger partial charge is 0.336 e. The van der Waals surface area contributed by atoms with E-state index in [1.165, 1.54) is 6.07 Å². The van der Waals surface area contributed by atoms with Crippen LogP contribution in [0.3, 0.4) is 0 Å². The number of benzene rings is 2. The third-order valence-electron chi connectivity index (χ3n) is 4.13. The molecule has 126 valence electrons. The number of carboxylic acids is 2. The van der Waals surface area contributed by atoms with Crippen LogP contribution in [-0.4, -0.2) is 22.2 Å². The Balaban J connectivity index is 2.52. The number of hydrogen-bond donors (Lipinski definition) is 2. The van der Waals surface area contributed by atoms with Gasteiger partial charge in [-0.15, -0.1) is 0 Å². The third kappa shape index (κ3) is 4.22. The molecular formula is C20H22O4. The fourth-order valence-electron chi connectivity index (χ4n) is 2.92. The van der Waals surface area contributed by atoms with Gasteiger partial charge in [0.2, 0.25) is 0 Å². The average Bonchev–Trinajstić information content (AvgIpc) is 2.56. The number of rotatable bonds is 8. The summed E-state index contributed by atoms with van der Waals surface area (Å²) in [6.45, 7) is 2.11. The highest BCUT2D eigenvalue weighted by Gasteiger charge is 2.22. The molecule has 0 spiro atoms. The molecule has 0 aliphatic heterocycles. The highest BCUT2D eigenvalue weighted by molar-refractivity contribution is 6.03. The lowest BCUT2D eigenvalue weighted by Crippen LogP contribution is -2.14.